The second-order valence-corrected chi connectivity index (χ2v) is 8.64. The maximum absolute atomic E-state index is 13.6. The Morgan fingerprint density at radius 1 is 0.971 bits per heavy atom. The Balaban J connectivity index is 1.92. The molecular formula is C28H28N2O4. The molecule has 6 heteroatoms. The van der Waals surface area contributed by atoms with Crippen molar-refractivity contribution in [3.8, 4) is 16.9 Å². The van der Waals surface area contributed by atoms with Crippen LogP contribution in [-0.4, -0.2) is 15.8 Å². The van der Waals surface area contributed by atoms with Crippen molar-refractivity contribution in [3.63, 3.8) is 0 Å². The van der Waals surface area contributed by atoms with Gasteiger partial charge >= 0.3 is 6.09 Å². The minimum absolute atomic E-state index is 0.0204. The van der Waals surface area contributed by atoms with Gasteiger partial charge in [-0.15, -0.1) is 0 Å². The van der Waals surface area contributed by atoms with E-state index in [4.69, 9.17) is 4.74 Å². The van der Waals surface area contributed by atoms with Gasteiger partial charge in [-0.05, 0) is 35.2 Å². The van der Waals surface area contributed by atoms with Crippen molar-refractivity contribution < 1.29 is 14.6 Å². The van der Waals surface area contributed by atoms with E-state index in [1.165, 1.54) is 0 Å². The van der Waals surface area contributed by atoms with Crippen molar-refractivity contribution in [2.24, 2.45) is 5.92 Å². The lowest BCUT2D eigenvalue weighted by Gasteiger charge is -2.22. The molecule has 1 heterocycles. The summed E-state index contributed by atoms with van der Waals surface area (Å²) in [5, 5.41) is 13.1. The molecule has 2 N–H and O–H groups in total. The van der Waals surface area contributed by atoms with Gasteiger partial charge in [0.2, 0.25) is 0 Å². The monoisotopic (exact) mass is 456 g/mol. The highest BCUT2D eigenvalue weighted by atomic mass is 16.5. The van der Waals surface area contributed by atoms with Crippen LogP contribution in [-0.2, 0) is 19.7 Å². The molecule has 0 bridgehead atoms. The predicted molar refractivity (Wildman–Crippen MR) is 134 cm³/mol. The summed E-state index contributed by atoms with van der Waals surface area (Å²) in [7, 11) is 0. The van der Waals surface area contributed by atoms with Crippen LogP contribution in [0.1, 0.15) is 25.1 Å². The van der Waals surface area contributed by atoms with E-state index >= 15 is 0 Å². The lowest BCUT2D eigenvalue weighted by Crippen LogP contribution is -2.31. The van der Waals surface area contributed by atoms with E-state index in [9.17, 15) is 14.7 Å². The fraction of sp³-hybridized carbons (Fsp3) is 0.214. The van der Waals surface area contributed by atoms with Crippen molar-refractivity contribution in [2.45, 2.75) is 33.5 Å². The standard InChI is InChI=1S/C28H28N2O4/c1-19(2)17-30-25(16-29-28(32)33)26(21-11-7-4-8-12-21)24-15-22(13-14-23(24)27(30)31)34-18-20-9-5-3-6-10-20/h3-15,19,29H,16-18H2,1-2H3,(H,32,33). The zero-order valence-electron chi connectivity index (χ0n) is 19.3. The number of pyridine rings is 1. The fourth-order valence-electron chi connectivity index (χ4n) is 4.13. The van der Waals surface area contributed by atoms with Crippen LogP contribution in [0.4, 0.5) is 4.79 Å². The third kappa shape index (κ3) is 5.12. The number of carbonyl (C=O) groups is 1. The van der Waals surface area contributed by atoms with Gasteiger partial charge in [-0.1, -0.05) is 74.5 Å². The molecule has 0 fully saturated rings. The molecule has 1 amide bonds. The Bertz CT molecular complexity index is 1350. The molecule has 0 aliphatic heterocycles. The van der Waals surface area contributed by atoms with E-state index in [1.54, 1.807) is 10.6 Å². The van der Waals surface area contributed by atoms with Gasteiger partial charge in [0.1, 0.15) is 12.4 Å². The number of hydrogen-bond acceptors (Lipinski definition) is 3. The summed E-state index contributed by atoms with van der Waals surface area (Å²) in [6.45, 7) is 4.98. The largest absolute Gasteiger partial charge is 0.489 e. The number of nitrogens with one attached hydrogen (secondary N) is 1. The summed E-state index contributed by atoms with van der Waals surface area (Å²) >= 11 is 0. The molecular weight excluding hydrogens is 428 g/mol. The van der Waals surface area contributed by atoms with Gasteiger partial charge < -0.3 is 19.7 Å². The molecule has 6 nitrogen and oxygen atoms in total. The van der Waals surface area contributed by atoms with E-state index in [1.807, 2.05) is 86.6 Å². The normalized spacial score (nSPS) is 11.0. The predicted octanol–water partition coefficient (Wildman–Crippen LogP) is 5.67. The molecule has 34 heavy (non-hydrogen) atoms. The van der Waals surface area contributed by atoms with Crippen LogP contribution in [0.25, 0.3) is 21.9 Å². The van der Waals surface area contributed by atoms with Crippen LogP contribution in [0.5, 0.6) is 5.75 Å². The topological polar surface area (TPSA) is 80.6 Å². The molecule has 3 aromatic carbocycles. The number of amides is 1. The maximum atomic E-state index is 13.6. The van der Waals surface area contributed by atoms with Crippen molar-refractivity contribution >= 4 is 16.9 Å². The van der Waals surface area contributed by atoms with Crippen LogP contribution >= 0.6 is 0 Å². The van der Waals surface area contributed by atoms with E-state index in [0.29, 0.717) is 30.0 Å². The third-order valence-corrected chi connectivity index (χ3v) is 5.62. The molecule has 4 rings (SSSR count). The number of benzene rings is 3. The molecule has 0 radical (unpaired) electrons. The molecule has 0 spiro atoms. The Labute approximate surface area is 198 Å². The zero-order chi connectivity index (χ0) is 24.1. The van der Waals surface area contributed by atoms with Crippen LogP contribution in [0.15, 0.2) is 83.7 Å². The van der Waals surface area contributed by atoms with Gasteiger partial charge in [-0.3, -0.25) is 4.79 Å². The Hall–Kier alpha value is -4.06. The second-order valence-electron chi connectivity index (χ2n) is 8.64. The lowest BCUT2D eigenvalue weighted by atomic mass is 9.96. The number of fused-ring (bicyclic) bond motifs is 1. The van der Waals surface area contributed by atoms with Crippen molar-refractivity contribution in [2.75, 3.05) is 0 Å². The first-order chi connectivity index (χ1) is 16.4. The maximum Gasteiger partial charge on any atom is 0.404 e. The van der Waals surface area contributed by atoms with E-state index in [0.717, 1.165) is 22.1 Å². The van der Waals surface area contributed by atoms with Gasteiger partial charge in [0.25, 0.3) is 5.56 Å². The third-order valence-electron chi connectivity index (χ3n) is 5.62. The van der Waals surface area contributed by atoms with Gasteiger partial charge in [0, 0.05) is 28.6 Å². The Kier molecular flexibility index (Phi) is 6.97. The minimum atomic E-state index is -1.14. The molecule has 1 aromatic heterocycles. The summed E-state index contributed by atoms with van der Waals surface area (Å²) in [5.41, 5.74) is 3.28. The number of ether oxygens (including phenoxy) is 1. The number of carboxylic acid groups (broad SMARTS) is 1. The van der Waals surface area contributed by atoms with Crippen molar-refractivity contribution in [1.82, 2.24) is 9.88 Å². The Morgan fingerprint density at radius 2 is 1.65 bits per heavy atom. The first kappa shape index (κ1) is 23.1. The first-order valence-corrected chi connectivity index (χ1v) is 11.3. The van der Waals surface area contributed by atoms with Gasteiger partial charge in [0.05, 0.1) is 6.54 Å². The van der Waals surface area contributed by atoms with Crippen LogP contribution in [0.3, 0.4) is 0 Å². The quantitative estimate of drug-likeness (QED) is 0.358. The summed E-state index contributed by atoms with van der Waals surface area (Å²) < 4.78 is 7.75. The Morgan fingerprint density at radius 3 is 2.29 bits per heavy atom. The van der Waals surface area contributed by atoms with Gasteiger partial charge in [-0.2, -0.15) is 0 Å². The fourth-order valence-corrected chi connectivity index (χ4v) is 4.13. The average molecular weight is 457 g/mol. The number of nitrogens with zero attached hydrogens (tertiary/aromatic N) is 1. The highest BCUT2D eigenvalue weighted by Gasteiger charge is 2.20. The number of rotatable bonds is 8. The first-order valence-electron chi connectivity index (χ1n) is 11.3. The highest BCUT2D eigenvalue weighted by molar-refractivity contribution is 5.98. The minimum Gasteiger partial charge on any atom is -0.489 e. The summed E-state index contributed by atoms with van der Waals surface area (Å²) in [4.78, 5) is 24.9. The van der Waals surface area contributed by atoms with Gasteiger partial charge in [-0.25, -0.2) is 4.79 Å². The molecule has 4 aromatic rings. The molecule has 0 aliphatic carbocycles. The average Bonchev–Trinajstić information content (AvgIpc) is 2.84. The van der Waals surface area contributed by atoms with Crippen molar-refractivity contribution in [1.29, 1.82) is 0 Å². The van der Waals surface area contributed by atoms with Crippen LogP contribution in [0, 0.1) is 5.92 Å². The SMILES string of the molecule is CC(C)Cn1c(CNC(=O)O)c(-c2ccccc2)c2cc(OCc3ccccc3)ccc2c1=O. The van der Waals surface area contributed by atoms with E-state index < -0.39 is 6.09 Å². The van der Waals surface area contributed by atoms with E-state index in [-0.39, 0.29) is 18.0 Å². The number of aromatic nitrogens is 1. The molecule has 0 unspecified atom stereocenters. The molecule has 0 aliphatic rings. The molecule has 174 valence electrons. The summed E-state index contributed by atoms with van der Waals surface area (Å²) in [5.74, 6) is 0.850. The van der Waals surface area contributed by atoms with Crippen LogP contribution < -0.4 is 15.6 Å². The molecule has 0 saturated heterocycles. The summed E-state index contributed by atoms with van der Waals surface area (Å²) in [6, 6.07) is 25.1. The number of hydrogen-bond donors (Lipinski definition) is 2. The zero-order valence-corrected chi connectivity index (χ0v) is 19.3. The summed E-state index contributed by atoms with van der Waals surface area (Å²) in [6.07, 6.45) is -1.14. The molecule has 0 saturated carbocycles. The lowest BCUT2D eigenvalue weighted by molar-refractivity contribution is 0.193. The molecule has 0 atom stereocenters. The highest BCUT2D eigenvalue weighted by Crippen LogP contribution is 2.33. The van der Waals surface area contributed by atoms with Crippen LogP contribution in [0.2, 0.25) is 0 Å². The van der Waals surface area contributed by atoms with Gasteiger partial charge in [0.15, 0.2) is 0 Å². The second kappa shape index (κ2) is 10.3. The van der Waals surface area contributed by atoms with Crippen molar-refractivity contribution in [3.05, 3.63) is 100 Å². The van der Waals surface area contributed by atoms with E-state index in [2.05, 4.69) is 5.32 Å². The smallest absolute Gasteiger partial charge is 0.404 e.